The molecule has 4 aliphatic rings. The molecule has 3 nitrogen and oxygen atoms in total. The highest BCUT2D eigenvalue weighted by molar-refractivity contribution is 5.89. The van der Waals surface area contributed by atoms with E-state index in [1.54, 1.807) is 5.57 Å². The van der Waals surface area contributed by atoms with Gasteiger partial charge in [-0.3, -0.25) is 0 Å². The fourth-order valence-corrected chi connectivity index (χ4v) is 10.9. The molecule has 4 aliphatic carbocycles. The van der Waals surface area contributed by atoms with Gasteiger partial charge in [0.05, 0.1) is 12.2 Å². The summed E-state index contributed by atoms with van der Waals surface area (Å²) in [5.74, 6) is 5.77. The van der Waals surface area contributed by atoms with Gasteiger partial charge >= 0.3 is 5.97 Å². The maximum atomic E-state index is 13.2. The van der Waals surface area contributed by atoms with Crippen LogP contribution in [0.2, 0.25) is 0 Å². The van der Waals surface area contributed by atoms with E-state index in [0.29, 0.717) is 11.0 Å². The molecule has 3 heteroatoms. The standard InChI is InChI=1S/C43H68O3/c1-7-8-9-10-11-12-13-29-45-35-20-17-33(18-21-35)41(44)46-36-25-27-42(5)34(30-36)19-22-37-39-24-23-38(32(4)16-14-15-31(2)3)43(39,6)28-26-40(37)42/h17-21,31-32,36-40H,7-16,22-30H2,1-6H3/t32-,36-,37+,38-,39-,40-,42-,43+/m1/s1. The number of hydrogen-bond acceptors (Lipinski definition) is 3. The molecule has 46 heavy (non-hydrogen) atoms. The minimum Gasteiger partial charge on any atom is -0.494 e. The van der Waals surface area contributed by atoms with Crippen LogP contribution in [0.1, 0.15) is 167 Å². The molecule has 5 rings (SSSR count). The summed E-state index contributed by atoms with van der Waals surface area (Å²) < 4.78 is 12.1. The quantitative estimate of drug-likeness (QED) is 0.103. The highest BCUT2D eigenvalue weighted by Gasteiger charge is 2.59. The van der Waals surface area contributed by atoms with Crippen LogP contribution in [0.4, 0.5) is 0 Å². The lowest BCUT2D eigenvalue weighted by atomic mass is 9.47. The molecule has 0 spiro atoms. The molecular formula is C43H68O3. The third kappa shape index (κ3) is 8.08. The second kappa shape index (κ2) is 16.1. The molecule has 1 aromatic rings. The predicted molar refractivity (Wildman–Crippen MR) is 192 cm³/mol. The number of ether oxygens (including phenoxy) is 2. The number of hydrogen-bond donors (Lipinski definition) is 0. The van der Waals surface area contributed by atoms with Crippen molar-refractivity contribution >= 4 is 5.97 Å². The monoisotopic (exact) mass is 633 g/mol. The number of fused-ring (bicyclic) bond motifs is 5. The SMILES string of the molecule is CCCCCCCCCOc1ccc(C(=O)O[C@@H]2CC[C@]3(C)C(=CC[C@H]4[C@H]5CC[C@H]([C@H](C)CCCC(C)C)[C@]5(C)CC[C@H]43)C2)cc1. The fraction of sp³-hybridized carbons (Fsp3) is 0.791. The van der Waals surface area contributed by atoms with Gasteiger partial charge in [-0.05, 0) is 122 Å². The maximum Gasteiger partial charge on any atom is 0.338 e. The molecule has 0 amide bonds. The summed E-state index contributed by atoms with van der Waals surface area (Å²) in [7, 11) is 0. The molecule has 0 radical (unpaired) electrons. The zero-order chi connectivity index (χ0) is 32.7. The number of allylic oxidation sites excluding steroid dienone is 1. The summed E-state index contributed by atoms with van der Waals surface area (Å²) in [5.41, 5.74) is 3.03. The van der Waals surface area contributed by atoms with Crippen LogP contribution < -0.4 is 4.74 Å². The van der Waals surface area contributed by atoms with Gasteiger partial charge in [0.2, 0.25) is 0 Å². The van der Waals surface area contributed by atoms with E-state index < -0.39 is 0 Å². The van der Waals surface area contributed by atoms with Crippen molar-refractivity contribution in [1.82, 2.24) is 0 Å². The van der Waals surface area contributed by atoms with Crippen LogP contribution in [0.5, 0.6) is 5.75 Å². The third-order valence-corrected chi connectivity index (χ3v) is 13.6. The van der Waals surface area contributed by atoms with Gasteiger partial charge in [-0.15, -0.1) is 0 Å². The first-order valence-electron chi connectivity index (χ1n) is 19.8. The Morgan fingerprint density at radius 3 is 2.33 bits per heavy atom. The van der Waals surface area contributed by atoms with Crippen LogP contribution in [0.3, 0.4) is 0 Å². The van der Waals surface area contributed by atoms with Crippen LogP contribution in [-0.2, 0) is 4.74 Å². The lowest BCUT2D eigenvalue weighted by Gasteiger charge is -2.58. The minimum atomic E-state index is -0.186. The van der Waals surface area contributed by atoms with E-state index in [1.807, 2.05) is 24.3 Å². The molecule has 0 aromatic heterocycles. The van der Waals surface area contributed by atoms with Crippen LogP contribution in [0.15, 0.2) is 35.9 Å². The van der Waals surface area contributed by atoms with E-state index in [-0.39, 0.29) is 17.5 Å². The van der Waals surface area contributed by atoms with Gasteiger partial charge in [0.25, 0.3) is 0 Å². The molecule has 1 aromatic carbocycles. The number of esters is 1. The van der Waals surface area contributed by atoms with Crippen molar-refractivity contribution < 1.29 is 14.3 Å². The number of unbranched alkanes of at least 4 members (excludes halogenated alkanes) is 6. The Morgan fingerprint density at radius 1 is 0.848 bits per heavy atom. The van der Waals surface area contributed by atoms with Gasteiger partial charge < -0.3 is 9.47 Å². The van der Waals surface area contributed by atoms with Crippen molar-refractivity contribution in [1.29, 1.82) is 0 Å². The smallest absolute Gasteiger partial charge is 0.338 e. The van der Waals surface area contributed by atoms with E-state index in [1.165, 1.54) is 89.9 Å². The molecule has 0 unspecified atom stereocenters. The van der Waals surface area contributed by atoms with Crippen LogP contribution in [0.25, 0.3) is 0 Å². The van der Waals surface area contributed by atoms with E-state index in [9.17, 15) is 4.79 Å². The van der Waals surface area contributed by atoms with E-state index in [2.05, 4.69) is 47.6 Å². The van der Waals surface area contributed by atoms with Gasteiger partial charge in [0.1, 0.15) is 11.9 Å². The van der Waals surface area contributed by atoms with Gasteiger partial charge in [-0.25, -0.2) is 4.79 Å². The highest BCUT2D eigenvalue weighted by atomic mass is 16.5. The van der Waals surface area contributed by atoms with Crippen molar-refractivity contribution in [2.24, 2.45) is 46.3 Å². The Balaban J connectivity index is 1.10. The number of rotatable bonds is 16. The predicted octanol–water partition coefficient (Wildman–Crippen LogP) is 12.4. The third-order valence-electron chi connectivity index (χ3n) is 13.6. The summed E-state index contributed by atoms with van der Waals surface area (Å²) in [5, 5.41) is 0. The van der Waals surface area contributed by atoms with Crippen LogP contribution >= 0.6 is 0 Å². The van der Waals surface area contributed by atoms with Gasteiger partial charge in [0.15, 0.2) is 0 Å². The summed E-state index contributed by atoms with van der Waals surface area (Å²) in [6, 6.07) is 7.60. The average Bonchev–Trinajstić information content (AvgIpc) is 3.40. The van der Waals surface area contributed by atoms with Gasteiger partial charge in [-0.2, -0.15) is 0 Å². The average molecular weight is 633 g/mol. The first-order valence-corrected chi connectivity index (χ1v) is 19.8. The molecule has 3 saturated carbocycles. The molecular weight excluding hydrogens is 564 g/mol. The second-order valence-electron chi connectivity index (χ2n) is 17.1. The van der Waals surface area contributed by atoms with Gasteiger partial charge in [0, 0.05) is 6.42 Å². The normalized spacial score (nSPS) is 32.7. The molecule has 0 heterocycles. The van der Waals surface area contributed by atoms with Crippen molar-refractivity contribution in [3.8, 4) is 5.75 Å². The lowest BCUT2D eigenvalue weighted by Crippen LogP contribution is -2.51. The van der Waals surface area contributed by atoms with E-state index in [0.717, 1.165) is 73.5 Å². The van der Waals surface area contributed by atoms with Crippen molar-refractivity contribution in [3.63, 3.8) is 0 Å². The first kappa shape index (κ1) is 35.5. The molecule has 3 fully saturated rings. The number of carbonyl (C=O) groups is 1. The van der Waals surface area contributed by atoms with E-state index in [4.69, 9.17) is 9.47 Å². The maximum absolute atomic E-state index is 13.2. The molecule has 8 atom stereocenters. The summed E-state index contributed by atoms with van der Waals surface area (Å²) in [4.78, 5) is 13.2. The lowest BCUT2D eigenvalue weighted by molar-refractivity contribution is -0.0594. The second-order valence-corrected chi connectivity index (χ2v) is 17.1. The highest BCUT2D eigenvalue weighted by Crippen LogP contribution is 2.67. The Labute approximate surface area is 283 Å². The first-order chi connectivity index (χ1) is 22.2. The Kier molecular flexibility index (Phi) is 12.4. The van der Waals surface area contributed by atoms with Crippen molar-refractivity contribution in [3.05, 3.63) is 41.5 Å². The fourth-order valence-electron chi connectivity index (χ4n) is 10.9. The largest absolute Gasteiger partial charge is 0.494 e. The van der Waals surface area contributed by atoms with Crippen molar-refractivity contribution in [2.45, 2.75) is 163 Å². The Hall–Kier alpha value is -1.77. The molecule has 0 saturated heterocycles. The van der Waals surface area contributed by atoms with Crippen molar-refractivity contribution in [2.75, 3.05) is 6.61 Å². The summed E-state index contributed by atoms with van der Waals surface area (Å²) in [6.07, 6.45) is 25.7. The molecule has 0 N–H and O–H groups in total. The minimum absolute atomic E-state index is 0.00645. The zero-order valence-electron chi connectivity index (χ0n) is 30.6. The molecule has 0 aliphatic heterocycles. The number of carbonyl (C=O) groups excluding carboxylic acids is 1. The number of benzene rings is 1. The molecule has 258 valence electrons. The summed E-state index contributed by atoms with van der Waals surface area (Å²) in [6.45, 7) is 15.6. The molecule has 0 bridgehead atoms. The Morgan fingerprint density at radius 2 is 1.59 bits per heavy atom. The Bertz CT molecular complexity index is 1140. The summed E-state index contributed by atoms with van der Waals surface area (Å²) >= 11 is 0. The van der Waals surface area contributed by atoms with E-state index >= 15 is 0 Å². The van der Waals surface area contributed by atoms with Gasteiger partial charge in [-0.1, -0.05) is 111 Å². The topological polar surface area (TPSA) is 35.5 Å². The van der Waals surface area contributed by atoms with Crippen LogP contribution in [-0.4, -0.2) is 18.7 Å². The van der Waals surface area contributed by atoms with Crippen LogP contribution in [0, 0.1) is 46.3 Å². The zero-order valence-corrected chi connectivity index (χ0v) is 30.6.